The summed E-state index contributed by atoms with van der Waals surface area (Å²) >= 11 is 0. The molecule has 0 saturated heterocycles. The van der Waals surface area contributed by atoms with E-state index in [0.717, 1.165) is 5.56 Å². The molecule has 0 aliphatic heterocycles. The third kappa shape index (κ3) is 4.72. The van der Waals surface area contributed by atoms with E-state index in [1.54, 1.807) is 12.1 Å². The molecule has 4 heteroatoms. The summed E-state index contributed by atoms with van der Waals surface area (Å²) < 4.78 is 0. The van der Waals surface area contributed by atoms with Crippen LogP contribution >= 0.6 is 0 Å². The van der Waals surface area contributed by atoms with E-state index < -0.39 is 6.04 Å². The second-order valence-corrected chi connectivity index (χ2v) is 5.20. The Balaban J connectivity index is 2.61. The molecule has 19 heavy (non-hydrogen) atoms. The van der Waals surface area contributed by atoms with Crippen LogP contribution in [0, 0.1) is 17.2 Å². The molecular formula is C15H21N3O. The minimum absolute atomic E-state index is 0.113. The van der Waals surface area contributed by atoms with E-state index in [-0.39, 0.29) is 11.9 Å². The van der Waals surface area contributed by atoms with Gasteiger partial charge in [-0.05, 0) is 37.0 Å². The molecule has 0 heterocycles. The number of nitriles is 1. The fourth-order valence-electron chi connectivity index (χ4n) is 1.86. The number of amides is 1. The maximum atomic E-state index is 11.9. The Hall–Kier alpha value is -1.86. The van der Waals surface area contributed by atoms with Crippen molar-refractivity contribution in [3.8, 4) is 6.07 Å². The van der Waals surface area contributed by atoms with Crippen molar-refractivity contribution in [3.05, 3.63) is 35.4 Å². The predicted octanol–water partition coefficient (Wildman–Crippen LogP) is 2.11. The first-order valence-electron chi connectivity index (χ1n) is 6.50. The number of benzene rings is 1. The average Bonchev–Trinajstić information content (AvgIpc) is 2.37. The van der Waals surface area contributed by atoms with Crippen molar-refractivity contribution in [2.24, 2.45) is 11.7 Å². The van der Waals surface area contributed by atoms with Crippen molar-refractivity contribution in [2.75, 3.05) is 0 Å². The van der Waals surface area contributed by atoms with Crippen LogP contribution in [0.3, 0.4) is 0 Å². The monoisotopic (exact) mass is 259 g/mol. The van der Waals surface area contributed by atoms with Crippen molar-refractivity contribution in [1.82, 2.24) is 5.32 Å². The number of carbonyl (C=O) groups is 1. The molecule has 2 atom stereocenters. The fourth-order valence-corrected chi connectivity index (χ4v) is 1.86. The summed E-state index contributed by atoms with van der Waals surface area (Å²) in [5.41, 5.74) is 7.41. The summed E-state index contributed by atoms with van der Waals surface area (Å²) in [7, 11) is 0. The number of hydrogen-bond acceptors (Lipinski definition) is 3. The highest BCUT2D eigenvalue weighted by Gasteiger charge is 2.17. The van der Waals surface area contributed by atoms with Crippen LogP contribution in [0.1, 0.15) is 44.4 Å². The molecule has 0 aromatic heterocycles. The van der Waals surface area contributed by atoms with E-state index in [0.29, 0.717) is 17.9 Å². The van der Waals surface area contributed by atoms with Gasteiger partial charge in [0.05, 0.1) is 23.7 Å². The molecule has 0 saturated carbocycles. The lowest BCUT2D eigenvalue weighted by molar-refractivity contribution is -0.123. The molecule has 0 spiro atoms. The first kappa shape index (κ1) is 15.2. The Labute approximate surface area is 114 Å². The van der Waals surface area contributed by atoms with Crippen LogP contribution in [0.5, 0.6) is 0 Å². The molecule has 0 fully saturated rings. The maximum Gasteiger partial charge on any atom is 0.237 e. The third-order valence-electron chi connectivity index (χ3n) is 2.96. The highest BCUT2D eigenvalue weighted by atomic mass is 16.2. The quantitative estimate of drug-likeness (QED) is 0.850. The molecule has 1 aromatic rings. The summed E-state index contributed by atoms with van der Waals surface area (Å²) in [6.07, 6.45) is 0.673. The smallest absolute Gasteiger partial charge is 0.237 e. The Kier molecular flexibility index (Phi) is 5.53. The SMILES string of the molecule is CC(C)CC(N)C(=O)NC(C)c1ccc(C#N)cc1. The van der Waals surface area contributed by atoms with Crippen molar-refractivity contribution < 1.29 is 4.79 Å². The maximum absolute atomic E-state index is 11.9. The van der Waals surface area contributed by atoms with Gasteiger partial charge in [0, 0.05) is 0 Å². The zero-order valence-electron chi connectivity index (χ0n) is 11.7. The Morgan fingerprint density at radius 3 is 2.37 bits per heavy atom. The Bertz CT molecular complexity index is 459. The fraction of sp³-hybridized carbons (Fsp3) is 0.467. The van der Waals surface area contributed by atoms with Gasteiger partial charge in [-0.25, -0.2) is 0 Å². The number of nitrogens with one attached hydrogen (secondary N) is 1. The molecular weight excluding hydrogens is 238 g/mol. The Morgan fingerprint density at radius 2 is 1.89 bits per heavy atom. The molecule has 1 rings (SSSR count). The van der Waals surface area contributed by atoms with Gasteiger partial charge in [-0.3, -0.25) is 4.79 Å². The molecule has 1 aromatic carbocycles. The molecule has 1 amide bonds. The molecule has 3 N–H and O–H groups in total. The summed E-state index contributed by atoms with van der Waals surface area (Å²) in [5, 5.41) is 11.6. The summed E-state index contributed by atoms with van der Waals surface area (Å²) in [6, 6.07) is 8.66. The van der Waals surface area contributed by atoms with Crippen LogP contribution in [0.4, 0.5) is 0 Å². The standard InChI is InChI=1S/C15H21N3O/c1-10(2)8-14(17)15(19)18-11(3)13-6-4-12(9-16)5-7-13/h4-7,10-11,14H,8,17H2,1-3H3,(H,18,19). The number of nitrogens with two attached hydrogens (primary N) is 1. The molecule has 0 bridgehead atoms. The van der Waals surface area contributed by atoms with Crippen molar-refractivity contribution >= 4 is 5.91 Å². The predicted molar refractivity (Wildman–Crippen MR) is 75.1 cm³/mol. The van der Waals surface area contributed by atoms with Gasteiger partial charge in [-0.2, -0.15) is 5.26 Å². The van der Waals surface area contributed by atoms with Crippen LogP contribution < -0.4 is 11.1 Å². The minimum atomic E-state index is -0.471. The second-order valence-electron chi connectivity index (χ2n) is 5.20. The second kappa shape index (κ2) is 6.91. The number of hydrogen-bond donors (Lipinski definition) is 2. The van der Waals surface area contributed by atoms with Crippen LogP contribution in [0.2, 0.25) is 0 Å². The lowest BCUT2D eigenvalue weighted by atomic mass is 10.0. The number of rotatable bonds is 5. The van der Waals surface area contributed by atoms with E-state index in [9.17, 15) is 4.79 Å². The van der Waals surface area contributed by atoms with E-state index in [1.807, 2.05) is 32.9 Å². The zero-order valence-corrected chi connectivity index (χ0v) is 11.7. The molecule has 4 nitrogen and oxygen atoms in total. The molecule has 102 valence electrons. The molecule has 0 radical (unpaired) electrons. The van der Waals surface area contributed by atoms with E-state index in [2.05, 4.69) is 11.4 Å². The number of nitrogens with zero attached hydrogens (tertiary/aromatic N) is 1. The van der Waals surface area contributed by atoms with Crippen LogP contribution in [-0.4, -0.2) is 11.9 Å². The summed E-state index contributed by atoms with van der Waals surface area (Å²) in [4.78, 5) is 11.9. The average molecular weight is 259 g/mol. The number of carbonyl (C=O) groups excluding carboxylic acids is 1. The van der Waals surface area contributed by atoms with Crippen molar-refractivity contribution in [2.45, 2.75) is 39.3 Å². The molecule has 0 aliphatic carbocycles. The van der Waals surface area contributed by atoms with Gasteiger partial charge in [-0.15, -0.1) is 0 Å². The summed E-state index contributed by atoms with van der Waals surface area (Å²) in [6.45, 7) is 5.98. The van der Waals surface area contributed by atoms with Gasteiger partial charge >= 0.3 is 0 Å². The van der Waals surface area contributed by atoms with Crippen molar-refractivity contribution in [1.29, 1.82) is 5.26 Å². The highest BCUT2D eigenvalue weighted by Crippen LogP contribution is 2.13. The minimum Gasteiger partial charge on any atom is -0.348 e. The molecule has 2 unspecified atom stereocenters. The van der Waals surface area contributed by atoms with Gasteiger partial charge in [0.1, 0.15) is 0 Å². The van der Waals surface area contributed by atoms with E-state index in [4.69, 9.17) is 11.0 Å². The normalized spacial score (nSPS) is 13.7. The summed E-state index contributed by atoms with van der Waals surface area (Å²) in [5.74, 6) is 0.261. The van der Waals surface area contributed by atoms with Crippen LogP contribution in [0.15, 0.2) is 24.3 Å². The first-order valence-corrected chi connectivity index (χ1v) is 6.50. The van der Waals surface area contributed by atoms with Gasteiger partial charge in [-0.1, -0.05) is 26.0 Å². The Morgan fingerprint density at radius 1 is 1.32 bits per heavy atom. The topological polar surface area (TPSA) is 78.9 Å². The highest BCUT2D eigenvalue weighted by molar-refractivity contribution is 5.81. The lowest BCUT2D eigenvalue weighted by Crippen LogP contribution is -2.42. The van der Waals surface area contributed by atoms with E-state index >= 15 is 0 Å². The van der Waals surface area contributed by atoms with Gasteiger partial charge in [0.2, 0.25) is 5.91 Å². The van der Waals surface area contributed by atoms with Gasteiger partial charge in [0.25, 0.3) is 0 Å². The van der Waals surface area contributed by atoms with E-state index in [1.165, 1.54) is 0 Å². The zero-order chi connectivity index (χ0) is 14.4. The van der Waals surface area contributed by atoms with Crippen molar-refractivity contribution in [3.63, 3.8) is 0 Å². The molecule has 0 aliphatic rings. The first-order chi connectivity index (χ1) is 8.93. The van der Waals surface area contributed by atoms with Crippen LogP contribution in [-0.2, 0) is 4.79 Å². The largest absolute Gasteiger partial charge is 0.348 e. The van der Waals surface area contributed by atoms with Gasteiger partial charge < -0.3 is 11.1 Å². The third-order valence-corrected chi connectivity index (χ3v) is 2.96. The lowest BCUT2D eigenvalue weighted by Gasteiger charge is -2.19. The van der Waals surface area contributed by atoms with Crippen LogP contribution in [0.25, 0.3) is 0 Å². The van der Waals surface area contributed by atoms with Gasteiger partial charge in [0.15, 0.2) is 0 Å².